The molecule has 5 heteroatoms. The first kappa shape index (κ1) is 11.5. The van der Waals surface area contributed by atoms with Crippen LogP contribution in [0, 0.1) is 5.82 Å². The Balaban J connectivity index is 1.97. The highest BCUT2D eigenvalue weighted by Crippen LogP contribution is 2.42. The molecule has 0 bridgehead atoms. The Labute approximate surface area is 108 Å². The zero-order valence-corrected chi connectivity index (χ0v) is 9.79. The molecule has 3 rings (SSSR count). The van der Waals surface area contributed by atoms with Gasteiger partial charge in [-0.15, -0.1) is 0 Å². The summed E-state index contributed by atoms with van der Waals surface area (Å²) < 4.78 is 24.8. The molecule has 1 heterocycles. The summed E-state index contributed by atoms with van der Waals surface area (Å²) in [4.78, 5) is 0. The Hall–Kier alpha value is -2.56. The number of hydrogen-bond donors (Lipinski definition) is 1. The van der Waals surface area contributed by atoms with Crippen molar-refractivity contribution >= 4 is 6.21 Å². The molecule has 1 atom stereocenters. The summed E-state index contributed by atoms with van der Waals surface area (Å²) >= 11 is 0. The molecule has 1 aliphatic heterocycles. The molecule has 0 unspecified atom stereocenters. The van der Waals surface area contributed by atoms with E-state index >= 15 is 0 Å². The van der Waals surface area contributed by atoms with Crippen LogP contribution in [0.2, 0.25) is 0 Å². The molecular formula is C14H10FNO3. The largest absolute Gasteiger partial charge is 0.447 e. The molecule has 0 radical (unpaired) electrons. The van der Waals surface area contributed by atoms with Gasteiger partial charge in [0.1, 0.15) is 5.82 Å². The minimum Gasteiger partial charge on any atom is -0.447 e. The Bertz CT molecular complexity index is 642. The van der Waals surface area contributed by atoms with Crippen molar-refractivity contribution in [2.45, 2.75) is 6.29 Å². The predicted octanol–water partition coefficient (Wildman–Crippen LogP) is 3.10. The quantitative estimate of drug-likeness (QED) is 0.512. The van der Waals surface area contributed by atoms with E-state index in [1.807, 2.05) is 0 Å². The standard InChI is InChI=1S/C14H10FNO3/c15-11-6-2-1-5-10(11)14-18-12-7-3-4-9(8-16-17)13(12)19-14/h1-8,14,17H/t14-/m0/s1. The van der Waals surface area contributed by atoms with Crippen LogP contribution in [0.5, 0.6) is 11.5 Å². The molecule has 0 amide bonds. The topological polar surface area (TPSA) is 51.1 Å². The van der Waals surface area contributed by atoms with E-state index in [1.54, 1.807) is 36.4 Å². The Morgan fingerprint density at radius 3 is 2.74 bits per heavy atom. The first-order valence-corrected chi connectivity index (χ1v) is 5.68. The zero-order chi connectivity index (χ0) is 13.2. The summed E-state index contributed by atoms with van der Waals surface area (Å²) in [6.45, 7) is 0. The molecule has 1 aliphatic rings. The lowest BCUT2D eigenvalue weighted by Gasteiger charge is -2.11. The summed E-state index contributed by atoms with van der Waals surface area (Å²) in [6, 6.07) is 11.4. The van der Waals surface area contributed by atoms with Gasteiger partial charge in [0.15, 0.2) is 11.5 Å². The third-order valence-corrected chi connectivity index (χ3v) is 2.82. The number of fused-ring (bicyclic) bond motifs is 1. The lowest BCUT2D eigenvalue weighted by atomic mass is 10.2. The van der Waals surface area contributed by atoms with E-state index in [9.17, 15) is 4.39 Å². The molecule has 96 valence electrons. The van der Waals surface area contributed by atoms with Crippen LogP contribution in [-0.2, 0) is 0 Å². The summed E-state index contributed by atoms with van der Waals surface area (Å²) in [5.41, 5.74) is 0.893. The van der Waals surface area contributed by atoms with Crippen LogP contribution in [0.1, 0.15) is 17.4 Å². The molecule has 0 aliphatic carbocycles. The van der Waals surface area contributed by atoms with E-state index < -0.39 is 12.1 Å². The maximum absolute atomic E-state index is 13.7. The van der Waals surface area contributed by atoms with Crippen LogP contribution in [0.3, 0.4) is 0 Å². The molecule has 0 saturated carbocycles. The van der Waals surface area contributed by atoms with Gasteiger partial charge in [-0.1, -0.05) is 23.4 Å². The monoisotopic (exact) mass is 259 g/mol. The van der Waals surface area contributed by atoms with Crippen LogP contribution >= 0.6 is 0 Å². The first-order chi connectivity index (χ1) is 9.29. The fraction of sp³-hybridized carbons (Fsp3) is 0.0714. The highest BCUT2D eigenvalue weighted by Gasteiger charge is 2.29. The lowest BCUT2D eigenvalue weighted by Crippen LogP contribution is -2.10. The second-order valence-electron chi connectivity index (χ2n) is 4.01. The van der Waals surface area contributed by atoms with Gasteiger partial charge >= 0.3 is 0 Å². The third kappa shape index (κ3) is 1.99. The van der Waals surface area contributed by atoms with Crippen LogP contribution in [0.25, 0.3) is 0 Å². The molecule has 4 nitrogen and oxygen atoms in total. The van der Waals surface area contributed by atoms with Crippen molar-refractivity contribution in [1.82, 2.24) is 0 Å². The van der Waals surface area contributed by atoms with Crippen molar-refractivity contribution in [2.24, 2.45) is 5.16 Å². The summed E-state index contributed by atoms with van der Waals surface area (Å²) in [5, 5.41) is 11.6. The van der Waals surface area contributed by atoms with Gasteiger partial charge in [0.25, 0.3) is 6.29 Å². The van der Waals surface area contributed by atoms with Crippen LogP contribution < -0.4 is 9.47 Å². The fourth-order valence-corrected chi connectivity index (χ4v) is 1.96. The summed E-state index contributed by atoms with van der Waals surface area (Å²) in [5.74, 6) is 0.539. The van der Waals surface area contributed by atoms with E-state index in [2.05, 4.69) is 5.16 Å². The molecule has 19 heavy (non-hydrogen) atoms. The molecular weight excluding hydrogens is 249 g/mol. The van der Waals surface area contributed by atoms with Gasteiger partial charge in [-0.25, -0.2) is 4.39 Å². The Morgan fingerprint density at radius 2 is 1.95 bits per heavy atom. The molecule has 2 aromatic rings. The van der Waals surface area contributed by atoms with E-state index in [0.29, 0.717) is 22.6 Å². The van der Waals surface area contributed by atoms with Gasteiger partial charge < -0.3 is 14.7 Å². The normalized spacial score (nSPS) is 17.0. The number of para-hydroxylation sites is 1. The predicted molar refractivity (Wildman–Crippen MR) is 66.2 cm³/mol. The highest BCUT2D eigenvalue weighted by molar-refractivity contribution is 5.84. The highest BCUT2D eigenvalue weighted by atomic mass is 19.1. The fourth-order valence-electron chi connectivity index (χ4n) is 1.96. The number of halogens is 1. The summed E-state index contributed by atoms with van der Waals surface area (Å²) in [7, 11) is 0. The van der Waals surface area contributed by atoms with Gasteiger partial charge in [0.2, 0.25) is 0 Å². The number of oxime groups is 1. The molecule has 0 fully saturated rings. The molecule has 1 N–H and O–H groups in total. The number of hydrogen-bond acceptors (Lipinski definition) is 4. The first-order valence-electron chi connectivity index (χ1n) is 5.68. The smallest absolute Gasteiger partial charge is 0.270 e. The second kappa shape index (κ2) is 4.61. The van der Waals surface area contributed by atoms with Crippen molar-refractivity contribution in [3.63, 3.8) is 0 Å². The van der Waals surface area contributed by atoms with Gasteiger partial charge in [0, 0.05) is 5.56 Å². The molecule has 0 spiro atoms. The molecule has 0 aromatic heterocycles. The van der Waals surface area contributed by atoms with Crippen molar-refractivity contribution in [2.75, 3.05) is 0 Å². The van der Waals surface area contributed by atoms with E-state index in [-0.39, 0.29) is 0 Å². The average molecular weight is 259 g/mol. The third-order valence-electron chi connectivity index (χ3n) is 2.82. The Morgan fingerprint density at radius 1 is 1.11 bits per heavy atom. The van der Waals surface area contributed by atoms with Gasteiger partial charge in [-0.3, -0.25) is 0 Å². The van der Waals surface area contributed by atoms with Gasteiger partial charge in [-0.2, -0.15) is 0 Å². The summed E-state index contributed by atoms with van der Waals surface area (Å²) in [6.07, 6.45) is 0.413. The van der Waals surface area contributed by atoms with Gasteiger partial charge in [-0.05, 0) is 24.3 Å². The number of benzene rings is 2. The van der Waals surface area contributed by atoms with Crippen LogP contribution in [0.4, 0.5) is 4.39 Å². The van der Waals surface area contributed by atoms with E-state index in [1.165, 1.54) is 12.3 Å². The number of nitrogens with zero attached hydrogens (tertiary/aromatic N) is 1. The molecule has 2 aromatic carbocycles. The SMILES string of the molecule is ON=Cc1cccc2c1O[C@@H](c1ccccc1F)O2. The number of ether oxygens (including phenoxy) is 2. The van der Waals surface area contributed by atoms with Crippen molar-refractivity contribution in [3.8, 4) is 11.5 Å². The molecule has 0 saturated heterocycles. The van der Waals surface area contributed by atoms with Crippen molar-refractivity contribution < 1.29 is 19.1 Å². The minimum absolute atomic E-state index is 0.325. The number of rotatable bonds is 2. The lowest BCUT2D eigenvalue weighted by molar-refractivity contribution is 0.0453. The maximum atomic E-state index is 13.7. The van der Waals surface area contributed by atoms with Crippen LogP contribution in [0.15, 0.2) is 47.6 Å². The second-order valence-corrected chi connectivity index (χ2v) is 4.01. The zero-order valence-electron chi connectivity index (χ0n) is 9.79. The van der Waals surface area contributed by atoms with Crippen molar-refractivity contribution in [3.05, 3.63) is 59.4 Å². The van der Waals surface area contributed by atoms with E-state index in [0.717, 1.165) is 0 Å². The van der Waals surface area contributed by atoms with E-state index in [4.69, 9.17) is 14.7 Å². The van der Waals surface area contributed by atoms with Gasteiger partial charge in [0.05, 0.1) is 11.8 Å². The van der Waals surface area contributed by atoms with Crippen LogP contribution in [-0.4, -0.2) is 11.4 Å². The average Bonchev–Trinajstić information content (AvgIpc) is 2.84. The minimum atomic E-state index is -0.829. The maximum Gasteiger partial charge on any atom is 0.270 e. The van der Waals surface area contributed by atoms with Crippen molar-refractivity contribution in [1.29, 1.82) is 0 Å². The Kier molecular flexibility index (Phi) is 2.79.